The van der Waals surface area contributed by atoms with Crippen LogP contribution in [0.4, 0.5) is 5.69 Å². The lowest BCUT2D eigenvalue weighted by atomic mass is 10.00. The number of hydrogen-bond donors (Lipinski definition) is 1. The Morgan fingerprint density at radius 3 is 2.20 bits per heavy atom. The number of amides is 2. The minimum absolute atomic E-state index is 0.0521. The summed E-state index contributed by atoms with van der Waals surface area (Å²) < 4.78 is 38.1. The second-order valence-electron chi connectivity index (χ2n) is 12.2. The molecule has 3 aromatic carbocycles. The highest BCUT2D eigenvalue weighted by Crippen LogP contribution is 2.35. The van der Waals surface area contributed by atoms with Crippen molar-refractivity contribution in [3.05, 3.63) is 89.5 Å². The monoisotopic (exact) mass is 621 g/mol. The molecule has 0 saturated carbocycles. The van der Waals surface area contributed by atoms with E-state index in [2.05, 4.69) is 5.32 Å². The van der Waals surface area contributed by atoms with Gasteiger partial charge in [-0.05, 0) is 57.4 Å². The lowest BCUT2D eigenvalue weighted by Crippen LogP contribution is -2.54. The molecule has 1 heterocycles. The van der Waals surface area contributed by atoms with E-state index >= 15 is 0 Å². The largest absolute Gasteiger partial charge is 0.486 e. The predicted molar refractivity (Wildman–Crippen MR) is 172 cm³/mol. The van der Waals surface area contributed by atoms with E-state index in [-0.39, 0.29) is 37.7 Å². The maximum Gasteiger partial charge on any atom is 0.243 e. The van der Waals surface area contributed by atoms with Crippen LogP contribution in [0.15, 0.2) is 72.8 Å². The summed E-state index contributed by atoms with van der Waals surface area (Å²) in [6.45, 7) is 8.87. The van der Waals surface area contributed by atoms with E-state index in [1.807, 2.05) is 82.3 Å². The number of fused-ring (bicyclic) bond motifs is 1. The lowest BCUT2D eigenvalue weighted by molar-refractivity contribution is -0.142. The first-order chi connectivity index (χ1) is 20.8. The van der Waals surface area contributed by atoms with Crippen molar-refractivity contribution >= 4 is 27.5 Å². The molecule has 3 aromatic rings. The molecule has 1 aliphatic heterocycles. The number of benzene rings is 3. The van der Waals surface area contributed by atoms with Crippen LogP contribution in [-0.2, 0) is 32.6 Å². The van der Waals surface area contributed by atoms with Crippen molar-refractivity contribution in [3.63, 3.8) is 0 Å². The Bertz CT molecular complexity index is 1540. The molecular weight excluding hydrogens is 578 g/mol. The first-order valence-corrected chi connectivity index (χ1v) is 16.7. The third kappa shape index (κ3) is 9.22. The molecule has 0 saturated heterocycles. The summed E-state index contributed by atoms with van der Waals surface area (Å²) in [6.07, 6.45) is 1.79. The van der Waals surface area contributed by atoms with Gasteiger partial charge < -0.3 is 19.7 Å². The zero-order valence-corrected chi connectivity index (χ0v) is 27.0. The first kappa shape index (κ1) is 32.9. The molecule has 0 radical (unpaired) electrons. The van der Waals surface area contributed by atoms with Crippen LogP contribution >= 0.6 is 0 Å². The van der Waals surface area contributed by atoms with E-state index in [0.29, 0.717) is 36.8 Å². The zero-order valence-electron chi connectivity index (χ0n) is 26.2. The van der Waals surface area contributed by atoms with Crippen LogP contribution in [-0.4, -0.2) is 62.7 Å². The Morgan fingerprint density at radius 1 is 0.909 bits per heavy atom. The number of hydrogen-bond acceptors (Lipinski definition) is 6. The van der Waals surface area contributed by atoms with E-state index in [4.69, 9.17) is 9.47 Å². The molecule has 0 aliphatic carbocycles. The molecule has 0 spiro atoms. The number of anilines is 1. The van der Waals surface area contributed by atoms with Crippen LogP contribution in [0.3, 0.4) is 0 Å². The van der Waals surface area contributed by atoms with Crippen LogP contribution in [0.5, 0.6) is 11.5 Å². The van der Waals surface area contributed by atoms with Gasteiger partial charge in [-0.15, -0.1) is 0 Å². The van der Waals surface area contributed by atoms with Crippen molar-refractivity contribution in [1.29, 1.82) is 0 Å². The molecule has 0 fully saturated rings. The van der Waals surface area contributed by atoms with Gasteiger partial charge in [0.05, 0.1) is 11.9 Å². The van der Waals surface area contributed by atoms with Gasteiger partial charge in [0.1, 0.15) is 19.3 Å². The molecule has 4 rings (SSSR count). The molecule has 10 heteroatoms. The Morgan fingerprint density at radius 2 is 1.57 bits per heavy atom. The van der Waals surface area contributed by atoms with Crippen LogP contribution < -0.4 is 19.1 Å². The van der Waals surface area contributed by atoms with Gasteiger partial charge in [0.25, 0.3) is 0 Å². The van der Waals surface area contributed by atoms with E-state index < -0.39 is 21.6 Å². The van der Waals surface area contributed by atoms with Gasteiger partial charge in [-0.25, -0.2) is 8.42 Å². The number of nitrogens with zero attached hydrogens (tertiary/aromatic N) is 2. The van der Waals surface area contributed by atoms with E-state index in [0.717, 1.165) is 22.9 Å². The summed E-state index contributed by atoms with van der Waals surface area (Å²) >= 11 is 0. The summed E-state index contributed by atoms with van der Waals surface area (Å²) in [5, 5.41) is 3.07. The topological polar surface area (TPSA) is 105 Å². The van der Waals surface area contributed by atoms with Crippen molar-refractivity contribution in [2.24, 2.45) is 0 Å². The highest BCUT2D eigenvalue weighted by molar-refractivity contribution is 7.92. The number of rotatable bonds is 12. The summed E-state index contributed by atoms with van der Waals surface area (Å²) in [5.74, 6) is 0.576. The van der Waals surface area contributed by atoms with Crippen molar-refractivity contribution in [2.75, 3.05) is 30.3 Å². The average molecular weight is 622 g/mol. The maximum absolute atomic E-state index is 14.0. The number of nitrogens with one attached hydrogen (secondary N) is 1. The van der Waals surface area contributed by atoms with E-state index in [9.17, 15) is 18.0 Å². The smallest absolute Gasteiger partial charge is 0.243 e. The minimum atomic E-state index is -3.66. The molecule has 44 heavy (non-hydrogen) atoms. The Kier molecular flexibility index (Phi) is 10.6. The fourth-order valence-electron chi connectivity index (χ4n) is 5.09. The standard InChI is InChI=1S/C34H43N3O6S/c1-25-13-15-27(16-14-25)24-36(29(33(39)35-34(2,3)4)22-26-10-7-6-8-11-26)32(38)12-9-19-37(44(5,40)41)28-17-18-30-31(23-28)43-21-20-42-30/h6-8,10-11,13-18,23,29H,9,12,19-22,24H2,1-5H3,(H,35,39)/t29-/m0/s1. The van der Waals surface area contributed by atoms with Crippen LogP contribution in [0.2, 0.25) is 0 Å². The Hall–Kier alpha value is -4.05. The fourth-order valence-corrected chi connectivity index (χ4v) is 6.05. The Balaban J connectivity index is 1.58. The summed E-state index contributed by atoms with van der Waals surface area (Å²) in [5.41, 5.74) is 2.87. The molecule has 1 N–H and O–H groups in total. The Labute approximate surface area is 261 Å². The van der Waals surface area contributed by atoms with Gasteiger partial charge in [-0.3, -0.25) is 13.9 Å². The SMILES string of the molecule is Cc1ccc(CN(C(=O)CCCN(c2ccc3c(c2)OCCO3)S(C)(=O)=O)[C@@H](Cc2ccccc2)C(=O)NC(C)(C)C)cc1. The summed E-state index contributed by atoms with van der Waals surface area (Å²) in [6, 6.07) is 21.8. The highest BCUT2D eigenvalue weighted by Gasteiger charge is 2.32. The van der Waals surface area contributed by atoms with Crippen LogP contribution in [0.1, 0.15) is 50.3 Å². The summed E-state index contributed by atoms with van der Waals surface area (Å²) in [7, 11) is -3.66. The number of carbonyl (C=O) groups is 2. The normalized spacial score (nSPS) is 13.6. The second kappa shape index (κ2) is 14.2. The third-order valence-corrected chi connectivity index (χ3v) is 8.40. The van der Waals surface area contributed by atoms with Crippen molar-refractivity contribution < 1.29 is 27.5 Å². The minimum Gasteiger partial charge on any atom is -0.486 e. The third-order valence-electron chi connectivity index (χ3n) is 7.21. The van der Waals surface area contributed by atoms with E-state index in [1.54, 1.807) is 23.1 Å². The van der Waals surface area contributed by atoms with Crippen molar-refractivity contribution in [1.82, 2.24) is 10.2 Å². The molecule has 236 valence electrons. The molecular formula is C34H43N3O6S. The predicted octanol–water partition coefficient (Wildman–Crippen LogP) is 4.87. The second-order valence-corrected chi connectivity index (χ2v) is 14.1. The van der Waals surface area contributed by atoms with Gasteiger partial charge in [0.2, 0.25) is 21.8 Å². The quantitative estimate of drug-likeness (QED) is 0.310. The zero-order chi connectivity index (χ0) is 31.9. The van der Waals surface area contributed by atoms with Gasteiger partial charge >= 0.3 is 0 Å². The van der Waals surface area contributed by atoms with Crippen LogP contribution in [0, 0.1) is 6.92 Å². The van der Waals surface area contributed by atoms with Crippen molar-refractivity contribution in [2.45, 2.75) is 65.1 Å². The van der Waals surface area contributed by atoms with Gasteiger partial charge in [0.15, 0.2) is 11.5 Å². The number of sulfonamides is 1. The molecule has 0 bridgehead atoms. The molecule has 1 atom stereocenters. The molecule has 9 nitrogen and oxygen atoms in total. The fraction of sp³-hybridized carbons (Fsp3) is 0.412. The van der Waals surface area contributed by atoms with Crippen molar-refractivity contribution in [3.8, 4) is 11.5 Å². The number of ether oxygens (including phenoxy) is 2. The van der Waals surface area contributed by atoms with Gasteiger partial charge in [-0.2, -0.15) is 0 Å². The number of aryl methyl sites for hydroxylation is 1. The highest BCUT2D eigenvalue weighted by atomic mass is 32.2. The number of carbonyl (C=O) groups excluding carboxylic acids is 2. The molecule has 2 amide bonds. The average Bonchev–Trinajstić information content (AvgIpc) is 2.96. The lowest BCUT2D eigenvalue weighted by Gasteiger charge is -2.34. The van der Waals surface area contributed by atoms with E-state index in [1.165, 1.54) is 4.31 Å². The molecule has 0 aromatic heterocycles. The van der Waals surface area contributed by atoms with Gasteiger partial charge in [0, 0.05) is 37.5 Å². The first-order valence-electron chi connectivity index (χ1n) is 14.9. The summed E-state index contributed by atoms with van der Waals surface area (Å²) in [4.78, 5) is 29.4. The molecule has 0 unspecified atom stereocenters. The van der Waals surface area contributed by atoms with Crippen LogP contribution in [0.25, 0.3) is 0 Å². The maximum atomic E-state index is 14.0. The van der Waals surface area contributed by atoms with Gasteiger partial charge in [-0.1, -0.05) is 60.2 Å². The molecule has 1 aliphatic rings.